The van der Waals surface area contributed by atoms with Gasteiger partial charge in [-0.1, -0.05) is 194 Å². The van der Waals surface area contributed by atoms with Gasteiger partial charge in [0, 0.05) is 38.9 Å². The molecule has 0 amide bonds. The van der Waals surface area contributed by atoms with Crippen LogP contribution in [0.1, 0.15) is 58.7 Å². The fourth-order valence-electron chi connectivity index (χ4n) is 10.4. The molecule has 0 atom stereocenters. The zero-order valence-corrected chi connectivity index (χ0v) is 36.1. The first-order valence-electron chi connectivity index (χ1n) is 22.5. The van der Waals surface area contributed by atoms with Gasteiger partial charge in [-0.05, 0) is 94.6 Å². The highest BCUT2D eigenvalue weighted by Crippen LogP contribution is 2.62. The second kappa shape index (κ2) is 15.9. The molecule has 3 aliphatic rings. The van der Waals surface area contributed by atoms with Crippen molar-refractivity contribution in [1.29, 1.82) is 0 Å². The van der Waals surface area contributed by atoms with E-state index in [-0.39, 0.29) is 0 Å². The lowest BCUT2D eigenvalue weighted by molar-refractivity contribution is 0.436. The standard InChI is InChI=1S/C62H44N2O/c1-41-29-30-47(42-31-33-43(34-32-42)49-37-38-56(44-17-5-2-6-18-44)63-61(49)46-21-9-4-10-22-46)40-57(45-19-7-3-8-20-45)64-60(41)48-35-36-51-50-23-11-12-24-52(50)62(55(51)39-48)53-25-13-15-27-58(53)65-59-28-16-14-26-54(59)62/h2-28,31-40H,29-30H2,1H3/b47-40+,60-41+,64-57+. The Morgan fingerprint density at radius 2 is 0.954 bits per heavy atom. The summed E-state index contributed by atoms with van der Waals surface area (Å²) >= 11 is 0. The molecule has 12 rings (SSSR count). The molecule has 0 N–H and O–H groups in total. The number of ether oxygens (including phenoxy) is 1. The Morgan fingerprint density at radius 1 is 0.415 bits per heavy atom. The van der Waals surface area contributed by atoms with Gasteiger partial charge in [-0.15, -0.1) is 0 Å². The van der Waals surface area contributed by atoms with E-state index in [9.17, 15) is 0 Å². The molecule has 1 aromatic heterocycles. The Morgan fingerprint density at radius 3 is 1.65 bits per heavy atom. The van der Waals surface area contributed by atoms with E-state index in [4.69, 9.17) is 14.7 Å². The fourth-order valence-corrected chi connectivity index (χ4v) is 10.4. The van der Waals surface area contributed by atoms with Crippen LogP contribution in [0.15, 0.2) is 235 Å². The molecule has 2 aliphatic heterocycles. The maximum atomic E-state index is 6.63. The second-order valence-electron chi connectivity index (χ2n) is 17.2. The number of pyridine rings is 1. The molecule has 9 aromatic rings. The minimum atomic E-state index is -0.545. The Balaban J connectivity index is 0.961. The predicted molar refractivity (Wildman–Crippen MR) is 267 cm³/mol. The average Bonchev–Trinajstić information content (AvgIpc) is 3.66. The number of para-hydroxylation sites is 2. The van der Waals surface area contributed by atoms with Gasteiger partial charge in [0.15, 0.2) is 0 Å². The Bertz CT molecular complexity index is 3340. The van der Waals surface area contributed by atoms with Crippen molar-refractivity contribution in [3.05, 3.63) is 269 Å². The van der Waals surface area contributed by atoms with Crippen LogP contribution in [0.25, 0.3) is 56.0 Å². The zero-order chi connectivity index (χ0) is 43.3. The van der Waals surface area contributed by atoms with E-state index in [1.54, 1.807) is 0 Å². The maximum Gasteiger partial charge on any atom is 0.132 e. The lowest BCUT2D eigenvalue weighted by Crippen LogP contribution is -2.32. The van der Waals surface area contributed by atoms with E-state index < -0.39 is 5.41 Å². The summed E-state index contributed by atoms with van der Waals surface area (Å²) in [5.41, 5.74) is 21.1. The van der Waals surface area contributed by atoms with Crippen LogP contribution in [0.3, 0.4) is 0 Å². The number of benzene rings is 8. The van der Waals surface area contributed by atoms with E-state index in [2.05, 4.69) is 225 Å². The van der Waals surface area contributed by atoms with Gasteiger partial charge in [0.1, 0.15) is 11.5 Å². The first-order chi connectivity index (χ1) is 32.1. The summed E-state index contributed by atoms with van der Waals surface area (Å²) in [5, 5.41) is 0. The first kappa shape index (κ1) is 38.5. The minimum Gasteiger partial charge on any atom is -0.457 e. The van der Waals surface area contributed by atoms with Crippen LogP contribution < -0.4 is 4.74 Å². The summed E-state index contributed by atoms with van der Waals surface area (Å²) < 4.78 is 6.63. The van der Waals surface area contributed by atoms with Crippen LogP contribution in [0.5, 0.6) is 11.5 Å². The largest absolute Gasteiger partial charge is 0.457 e. The van der Waals surface area contributed by atoms with E-state index in [0.717, 1.165) is 91.6 Å². The molecule has 0 saturated carbocycles. The number of hydrogen-bond donors (Lipinski definition) is 0. The molecule has 0 bridgehead atoms. The van der Waals surface area contributed by atoms with Gasteiger partial charge in [0.05, 0.1) is 28.2 Å². The molecule has 8 aromatic carbocycles. The summed E-state index contributed by atoms with van der Waals surface area (Å²) in [6.45, 7) is 2.27. The van der Waals surface area contributed by atoms with Gasteiger partial charge in [0.2, 0.25) is 0 Å². The predicted octanol–water partition coefficient (Wildman–Crippen LogP) is 15.6. The van der Waals surface area contributed by atoms with Crippen LogP contribution in [0, 0.1) is 0 Å². The van der Waals surface area contributed by atoms with Gasteiger partial charge in [-0.2, -0.15) is 0 Å². The molecule has 3 nitrogen and oxygen atoms in total. The molecule has 1 aliphatic carbocycles. The fraction of sp³-hybridized carbons (Fsp3) is 0.0645. The number of fused-ring (bicyclic) bond motifs is 9. The van der Waals surface area contributed by atoms with Crippen molar-refractivity contribution in [2.45, 2.75) is 25.2 Å². The van der Waals surface area contributed by atoms with Crippen LogP contribution in [0.2, 0.25) is 0 Å². The van der Waals surface area contributed by atoms with E-state index in [1.165, 1.54) is 39.0 Å². The summed E-state index contributed by atoms with van der Waals surface area (Å²) in [4.78, 5) is 10.9. The average molecular weight is 833 g/mol. The lowest BCUT2D eigenvalue weighted by atomic mass is 9.66. The topological polar surface area (TPSA) is 34.5 Å². The molecular formula is C62H44N2O. The third-order valence-electron chi connectivity index (χ3n) is 13.5. The van der Waals surface area contributed by atoms with Crippen molar-refractivity contribution >= 4 is 17.0 Å². The number of nitrogens with zero attached hydrogens (tertiary/aromatic N) is 2. The molecule has 0 fully saturated rings. The molecular weight excluding hydrogens is 789 g/mol. The number of rotatable bonds is 6. The highest BCUT2D eigenvalue weighted by atomic mass is 16.5. The summed E-state index contributed by atoms with van der Waals surface area (Å²) in [5.74, 6) is 1.79. The SMILES string of the molecule is C\C1=C(c2ccc3c(c2)C2(c4ccccc4Oc4ccccc42)c2ccccc2-3)/N=C(c2ccccc2)\C=C(\c2ccc(-c3ccc(-c4ccccc4)nc3-c3ccccc3)cc2)CC1. The van der Waals surface area contributed by atoms with Crippen molar-refractivity contribution in [1.82, 2.24) is 4.98 Å². The molecule has 0 saturated heterocycles. The molecule has 0 radical (unpaired) electrons. The van der Waals surface area contributed by atoms with E-state index >= 15 is 0 Å². The highest BCUT2D eigenvalue weighted by Gasteiger charge is 2.51. The molecule has 0 unspecified atom stereocenters. The van der Waals surface area contributed by atoms with E-state index in [1.807, 2.05) is 6.07 Å². The second-order valence-corrected chi connectivity index (χ2v) is 17.2. The van der Waals surface area contributed by atoms with Gasteiger partial charge in [-0.25, -0.2) is 9.98 Å². The van der Waals surface area contributed by atoms with Gasteiger partial charge >= 0.3 is 0 Å². The van der Waals surface area contributed by atoms with Crippen LogP contribution >= 0.6 is 0 Å². The maximum absolute atomic E-state index is 6.63. The number of aromatic nitrogens is 1. The smallest absolute Gasteiger partial charge is 0.132 e. The quantitative estimate of drug-likeness (QED) is 0.167. The third kappa shape index (κ3) is 6.50. The van der Waals surface area contributed by atoms with Crippen LogP contribution in [-0.4, -0.2) is 10.7 Å². The highest BCUT2D eigenvalue weighted by molar-refractivity contribution is 6.14. The number of aliphatic imine (C=N–C) groups is 1. The molecule has 308 valence electrons. The Kier molecular flexibility index (Phi) is 9.42. The molecule has 65 heavy (non-hydrogen) atoms. The summed E-state index contributed by atoms with van der Waals surface area (Å²) in [6, 6.07) is 78.0. The number of hydrogen-bond acceptors (Lipinski definition) is 3. The Hall–Kier alpha value is -8.14. The molecule has 1 spiro atoms. The van der Waals surface area contributed by atoms with Crippen molar-refractivity contribution in [2.75, 3.05) is 0 Å². The van der Waals surface area contributed by atoms with Crippen molar-refractivity contribution in [3.63, 3.8) is 0 Å². The number of allylic oxidation sites excluding steroid dienone is 3. The van der Waals surface area contributed by atoms with Gasteiger partial charge in [-0.3, -0.25) is 0 Å². The molecule has 3 heterocycles. The van der Waals surface area contributed by atoms with E-state index in [0.29, 0.717) is 0 Å². The monoisotopic (exact) mass is 832 g/mol. The van der Waals surface area contributed by atoms with Crippen molar-refractivity contribution in [3.8, 4) is 56.3 Å². The van der Waals surface area contributed by atoms with Crippen molar-refractivity contribution < 1.29 is 4.74 Å². The lowest BCUT2D eigenvalue weighted by Gasteiger charge is -2.39. The first-order valence-corrected chi connectivity index (χ1v) is 22.5. The Labute approximate surface area is 380 Å². The van der Waals surface area contributed by atoms with Gasteiger partial charge < -0.3 is 4.74 Å². The molecule has 3 heteroatoms. The normalized spacial score (nSPS) is 17.2. The van der Waals surface area contributed by atoms with Crippen molar-refractivity contribution in [2.24, 2.45) is 4.99 Å². The summed E-state index contributed by atoms with van der Waals surface area (Å²) in [6.07, 6.45) is 4.07. The zero-order valence-electron chi connectivity index (χ0n) is 36.1. The van der Waals surface area contributed by atoms with Gasteiger partial charge in [0.25, 0.3) is 0 Å². The third-order valence-corrected chi connectivity index (χ3v) is 13.5. The minimum absolute atomic E-state index is 0.545. The summed E-state index contributed by atoms with van der Waals surface area (Å²) in [7, 11) is 0. The van der Waals surface area contributed by atoms with Crippen LogP contribution in [-0.2, 0) is 5.41 Å². The van der Waals surface area contributed by atoms with Crippen LogP contribution in [0.4, 0.5) is 0 Å².